The van der Waals surface area contributed by atoms with E-state index in [0.29, 0.717) is 37.2 Å². The number of hydrogen-bond acceptors (Lipinski definition) is 3. The lowest BCUT2D eigenvalue weighted by atomic mass is 9.93. The summed E-state index contributed by atoms with van der Waals surface area (Å²) >= 11 is 4.82. The summed E-state index contributed by atoms with van der Waals surface area (Å²) in [6.45, 7) is 3.11. The molecule has 0 aromatic heterocycles. The first kappa shape index (κ1) is 13.2. The van der Waals surface area contributed by atoms with Gasteiger partial charge in [-0.25, -0.2) is 4.39 Å². The largest absolute Gasteiger partial charge is 0.390 e. The highest BCUT2D eigenvalue weighted by Crippen LogP contribution is 2.28. The number of hydrogen-bond donors (Lipinski definition) is 2. The number of nitrogens with zero attached hydrogens (tertiary/aromatic N) is 1. The molecule has 1 saturated heterocycles. The molecular formula is C13H17FN2OS. The van der Waals surface area contributed by atoms with Crippen LogP contribution in [0.2, 0.25) is 0 Å². The minimum Gasteiger partial charge on any atom is -0.390 e. The molecule has 1 heterocycles. The van der Waals surface area contributed by atoms with Crippen molar-refractivity contribution in [2.45, 2.75) is 25.4 Å². The van der Waals surface area contributed by atoms with Crippen LogP contribution in [0.5, 0.6) is 0 Å². The SMILES string of the molecule is CC1(O)CCN(c2ccc(C(N)=S)cc2F)CC1. The molecule has 0 radical (unpaired) electrons. The molecule has 0 saturated carbocycles. The molecule has 1 fully saturated rings. The Bertz CT molecular complexity index is 466. The third-order valence-corrected chi connectivity index (χ3v) is 3.65. The first-order valence-corrected chi connectivity index (χ1v) is 6.36. The van der Waals surface area contributed by atoms with Gasteiger partial charge in [-0.05, 0) is 38.0 Å². The number of nitrogens with two attached hydrogens (primary N) is 1. The molecular weight excluding hydrogens is 251 g/mol. The Morgan fingerprint density at radius 3 is 2.56 bits per heavy atom. The number of rotatable bonds is 2. The summed E-state index contributed by atoms with van der Waals surface area (Å²) in [6, 6.07) is 4.79. The van der Waals surface area contributed by atoms with Gasteiger partial charge in [-0.2, -0.15) is 0 Å². The summed E-state index contributed by atoms with van der Waals surface area (Å²) in [6.07, 6.45) is 1.28. The third kappa shape index (κ3) is 2.79. The number of aliphatic hydroxyl groups is 1. The van der Waals surface area contributed by atoms with E-state index in [-0.39, 0.29) is 10.8 Å². The standard InChI is InChI=1S/C13H17FN2OS/c1-13(17)4-6-16(7-5-13)11-3-2-9(12(15)18)8-10(11)14/h2-3,8,17H,4-7H2,1H3,(H2,15,18). The first-order valence-electron chi connectivity index (χ1n) is 5.96. The molecule has 0 aliphatic carbocycles. The minimum atomic E-state index is -0.633. The van der Waals surface area contributed by atoms with E-state index in [9.17, 15) is 9.50 Å². The fourth-order valence-electron chi connectivity index (χ4n) is 2.15. The zero-order chi connectivity index (χ0) is 13.3. The van der Waals surface area contributed by atoms with Crippen molar-refractivity contribution in [1.29, 1.82) is 0 Å². The zero-order valence-electron chi connectivity index (χ0n) is 10.3. The molecule has 1 aliphatic heterocycles. The van der Waals surface area contributed by atoms with Crippen molar-refractivity contribution in [3.05, 3.63) is 29.6 Å². The van der Waals surface area contributed by atoms with Gasteiger partial charge in [0.1, 0.15) is 10.8 Å². The van der Waals surface area contributed by atoms with Crippen LogP contribution >= 0.6 is 12.2 Å². The van der Waals surface area contributed by atoms with E-state index in [1.54, 1.807) is 12.1 Å². The number of thiocarbonyl (C=S) groups is 1. The number of benzene rings is 1. The van der Waals surface area contributed by atoms with Crippen molar-refractivity contribution in [3.63, 3.8) is 0 Å². The van der Waals surface area contributed by atoms with Crippen LogP contribution in [0.3, 0.4) is 0 Å². The van der Waals surface area contributed by atoms with Gasteiger partial charge in [0.25, 0.3) is 0 Å². The Hall–Kier alpha value is -1.20. The summed E-state index contributed by atoms with van der Waals surface area (Å²) in [5.41, 5.74) is 5.92. The molecule has 0 unspecified atom stereocenters. The van der Waals surface area contributed by atoms with Gasteiger partial charge in [0, 0.05) is 18.7 Å². The van der Waals surface area contributed by atoms with Crippen LogP contribution in [0.25, 0.3) is 0 Å². The quantitative estimate of drug-likeness (QED) is 0.803. The van der Waals surface area contributed by atoms with Gasteiger partial charge in [0.2, 0.25) is 0 Å². The summed E-state index contributed by atoms with van der Waals surface area (Å²) in [5.74, 6) is -0.318. The van der Waals surface area contributed by atoms with E-state index in [4.69, 9.17) is 18.0 Å². The molecule has 3 N–H and O–H groups in total. The van der Waals surface area contributed by atoms with Crippen LogP contribution in [-0.2, 0) is 0 Å². The van der Waals surface area contributed by atoms with E-state index < -0.39 is 5.60 Å². The zero-order valence-corrected chi connectivity index (χ0v) is 11.1. The second-order valence-corrected chi connectivity index (χ2v) is 5.45. The Morgan fingerprint density at radius 2 is 2.06 bits per heavy atom. The van der Waals surface area contributed by atoms with E-state index in [2.05, 4.69) is 0 Å². The maximum absolute atomic E-state index is 14.0. The molecule has 98 valence electrons. The van der Waals surface area contributed by atoms with Gasteiger partial charge in [-0.1, -0.05) is 12.2 Å². The molecule has 0 atom stereocenters. The van der Waals surface area contributed by atoms with Crippen LogP contribution in [0.15, 0.2) is 18.2 Å². The molecule has 3 nitrogen and oxygen atoms in total. The fraction of sp³-hybridized carbons (Fsp3) is 0.462. The van der Waals surface area contributed by atoms with Gasteiger partial charge in [-0.15, -0.1) is 0 Å². The molecule has 0 bridgehead atoms. The van der Waals surface area contributed by atoms with Crippen molar-refractivity contribution in [3.8, 4) is 0 Å². The predicted molar refractivity (Wildman–Crippen MR) is 74.4 cm³/mol. The Kier molecular flexibility index (Phi) is 3.54. The van der Waals surface area contributed by atoms with Crippen molar-refractivity contribution in [2.24, 2.45) is 5.73 Å². The smallest absolute Gasteiger partial charge is 0.147 e. The van der Waals surface area contributed by atoms with Crippen LogP contribution in [-0.4, -0.2) is 28.8 Å². The number of halogens is 1. The minimum absolute atomic E-state index is 0.196. The molecule has 18 heavy (non-hydrogen) atoms. The molecule has 1 aromatic rings. The highest BCUT2D eigenvalue weighted by Gasteiger charge is 2.28. The average Bonchev–Trinajstić information content (AvgIpc) is 2.29. The van der Waals surface area contributed by atoms with E-state index in [1.165, 1.54) is 6.07 Å². The maximum Gasteiger partial charge on any atom is 0.147 e. The van der Waals surface area contributed by atoms with Crippen LogP contribution < -0.4 is 10.6 Å². The maximum atomic E-state index is 14.0. The van der Waals surface area contributed by atoms with Crippen molar-refractivity contribution < 1.29 is 9.50 Å². The molecule has 1 aliphatic rings. The lowest BCUT2D eigenvalue weighted by Gasteiger charge is -2.37. The number of piperidine rings is 1. The van der Waals surface area contributed by atoms with Crippen molar-refractivity contribution in [1.82, 2.24) is 0 Å². The normalized spacial score (nSPS) is 18.7. The summed E-state index contributed by atoms with van der Waals surface area (Å²) in [4.78, 5) is 2.14. The summed E-state index contributed by atoms with van der Waals surface area (Å²) < 4.78 is 14.0. The Labute approximate surface area is 111 Å². The van der Waals surface area contributed by atoms with Crippen LogP contribution in [0.1, 0.15) is 25.3 Å². The summed E-state index contributed by atoms with van der Waals surface area (Å²) in [5, 5.41) is 9.87. The second kappa shape index (κ2) is 4.82. The Balaban J connectivity index is 2.17. The third-order valence-electron chi connectivity index (χ3n) is 3.41. The van der Waals surface area contributed by atoms with Gasteiger partial charge in [0.15, 0.2) is 0 Å². The van der Waals surface area contributed by atoms with Gasteiger partial charge in [0.05, 0.1) is 11.3 Å². The van der Waals surface area contributed by atoms with Crippen molar-refractivity contribution in [2.75, 3.05) is 18.0 Å². The van der Waals surface area contributed by atoms with Gasteiger partial charge in [-0.3, -0.25) is 0 Å². The lowest BCUT2D eigenvalue weighted by Crippen LogP contribution is -2.42. The monoisotopic (exact) mass is 268 g/mol. The van der Waals surface area contributed by atoms with Crippen molar-refractivity contribution >= 4 is 22.9 Å². The van der Waals surface area contributed by atoms with Gasteiger partial charge < -0.3 is 15.7 Å². The summed E-state index contributed by atoms with van der Waals surface area (Å²) in [7, 11) is 0. The van der Waals surface area contributed by atoms with Crippen LogP contribution in [0.4, 0.5) is 10.1 Å². The van der Waals surface area contributed by atoms with Gasteiger partial charge >= 0.3 is 0 Å². The topological polar surface area (TPSA) is 49.5 Å². The van der Waals surface area contributed by atoms with E-state index in [1.807, 2.05) is 11.8 Å². The fourth-order valence-corrected chi connectivity index (χ4v) is 2.27. The molecule has 1 aromatic carbocycles. The molecule has 0 amide bonds. The highest BCUT2D eigenvalue weighted by molar-refractivity contribution is 7.80. The Morgan fingerprint density at radius 1 is 1.44 bits per heavy atom. The molecule has 0 spiro atoms. The lowest BCUT2D eigenvalue weighted by molar-refractivity contribution is 0.0350. The molecule has 5 heteroatoms. The first-order chi connectivity index (χ1) is 8.39. The van der Waals surface area contributed by atoms with E-state index in [0.717, 1.165) is 0 Å². The van der Waals surface area contributed by atoms with Crippen LogP contribution in [0, 0.1) is 5.82 Å². The average molecular weight is 268 g/mol. The predicted octanol–water partition coefficient (Wildman–Crippen LogP) is 1.81. The van der Waals surface area contributed by atoms with E-state index >= 15 is 0 Å². The number of anilines is 1. The molecule has 2 rings (SSSR count). The second-order valence-electron chi connectivity index (χ2n) is 5.01. The highest BCUT2D eigenvalue weighted by atomic mass is 32.1.